The molecule has 2 rings (SSSR count). The minimum absolute atomic E-state index is 0.0814. The zero-order valence-electron chi connectivity index (χ0n) is 10.0. The van der Waals surface area contributed by atoms with Crippen molar-refractivity contribution in [3.8, 4) is 0 Å². The minimum atomic E-state index is -0.335. The second kappa shape index (κ2) is 3.77. The fourth-order valence-corrected chi connectivity index (χ4v) is 1.74. The summed E-state index contributed by atoms with van der Waals surface area (Å²) in [4.78, 5) is 15.8. The summed E-state index contributed by atoms with van der Waals surface area (Å²) < 4.78 is 6.72. The molecule has 0 unspecified atom stereocenters. The lowest BCUT2D eigenvalue weighted by molar-refractivity contribution is 0.474. The molecule has 0 radical (unpaired) electrons. The number of pyridine rings is 1. The molecular formula is C12H16N2O2. The molecule has 0 fully saturated rings. The van der Waals surface area contributed by atoms with Gasteiger partial charge in [0.15, 0.2) is 0 Å². The normalized spacial score (nSPS) is 11.9. The van der Waals surface area contributed by atoms with Crippen molar-refractivity contribution in [2.75, 3.05) is 0 Å². The molecule has 0 aliphatic rings. The first kappa shape index (κ1) is 10.9. The Bertz CT molecular complexity index is 564. The van der Waals surface area contributed by atoms with Crippen LogP contribution in [0.4, 0.5) is 0 Å². The molecular weight excluding hydrogens is 204 g/mol. The van der Waals surface area contributed by atoms with Crippen LogP contribution in [0.5, 0.6) is 0 Å². The highest BCUT2D eigenvalue weighted by molar-refractivity contribution is 5.69. The molecule has 4 nitrogen and oxygen atoms in total. The zero-order valence-corrected chi connectivity index (χ0v) is 10.0. The molecule has 0 saturated heterocycles. The summed E-state index contributed by atoms with van der Waals surface area (Å²) in [6, 6.07) is 2.07. The second-order valence-corrected chi connectivity index (χ2v) is 4.58. The number of hydrogen-bond donors (Lipinski definition) is 0. The number of hydrogen-bond acceptors (Lipinski definition) is 3. The molecule has 4 heteroatoms. The van der Waals surface area contributed by atoms with E-state index in [9.17, 15) is 4.79 Å². The van der Waals surface area contributed by atoms with E-state index < -0.39 is 0 Å². The van der Waals surface area contributed by atoms with Gasteiger partial charge in [-0.2, -0.15) is 0 Å². The van der Waals surface area contributed by atoms with Crippen LogP contribution in [-0.4, -0.2) is 9.55 Å². The first-order chi connectivity index (χ1) is 7.50. The number of fused-ring (bicyclic) bond motifs is 1. The maximum Gasteiger partial charge on any atom is 0.421 e. The highest BCUT2D eigenvalue weighted by Crippen LogP contribution is 2.20. The van der Waals surface area contributed by atoms with Gasteiger partial charge in [-0.1, -0.05) is 13.8 Å². The van der Waals surface area contributed by atoms with Gasteiger partial charge in [-0.05, 0) is 31.4 Å². The number of nitrogens with zero attached hydrogens (tertiary/aromatic N) is 2. The molecule has 0 amide bonds. The van der Waals surface area contributed by atoms with Gasteiger partial charge in [-0.3, -0.25) is 4.57 Å². The average Bonchev–Trinajstić information content (AvgIpc) is 2.51. The van der Waals surface area contributed by atoms with Gasteiger partial charge in [0.1, 0.15) is 5.52 Å². The van der Waals surface area contributed by atoms with Crippen molar-refractivity contribution < 1.29 is 4.42 Å². The summed E-state index contributed by atoms with van der Waals surface area (Å²) in [5.41, 5.74) is 2.32. The van der Waals surface area contributed by atoms with Crippen molar-refractivity contribution in [2.45, 2.75) is 39.7 Å². The Morgan fingerprint density at radius 3 is 2.56 bits per heavy atom. The third-order valence-corrected chi connectivity index (χ3v) is 2.68. The van der Waals surface area contributed by atoms with Gasteiger partial charge in [-0.15, -0.1) is 0 Å². The molecule has 0 bridgehead atoms. The van der Waals surface area contributed by atoms with Crippen LogP contribution < -0.4 is 5.76 Å². The largest absolute Gasteiger partial charge is 0.421 e. The molecule has 0 aliphatic carbocycles. The van der Waals surface area contributed by atoms with E-state index >= 15 is 0 Å². The van der Waals surface area contributed by atoms with Crippen molar-refractivity contribution in [3.05, 3.63) is 28.4 Å². The number of oxazole rings is 1. The van der Waals surface area contributed by atoms with Crippen molar-refractivity contribution in [2.24, 2.45) is 0 Å². The Kier molecular flexibility index (Phi) is 2.58. The van der Waals surface area contributed by atoms with Gasteiger partial charge in [-0.25, -0.2) is 9.78 Å². The van der Waals surface area contributed by atoms with Crippen molar-refractivity contribution in [1.29, 1.82) is 0 Å². The highest BCUT2D eigenvalue weighted by Gasteiger charge is 2.14. The fourth-order valence-electron chi connectivity index (χ4n) is 1.74. The predicted molar refractivity (Wildman–Crippen MR) is 62.7 cm³/mol. The molecule has 0 spiro atoms. The van der Waals surface area contributed by atoms with Crippen molar-refractivity contribution in [3.63, 3.8) is 0 Å². The summed E-state index contributed by atoms with van der Waals surface area (Å²) in [6.45, 7) is 8.11. The van der Waals surface area contributed by atoms with Gasteiger partial charge in [0.2, 0.25) is 5.71 Å². The highest BCUT2D eigenvalue weighted by atomic mass is 16.4. The maximum absolute atomic E-state index is 11.6. The number of rotatable bonds is 2. The lowest BCUT2D eigenvalue weighted by atomic mass is 10.1. The van der Waals surface area contributed by atoms with Crippen LogP contribution in [0.3, 0.4) is 0 Å². The fraction of sp³-hybridized carbons (Fsp3) is 0.500. The third kappa shape index (κ3) is 1.64. The standard InChI is InChI=1S/C12H16N2O2/c1-7(2)9-5-10-11(13-6-9)16-12(15)14(10)8(3)4/h5-8H,1-4H3. The molecule has 16 heavy (non-hydrogen) atoms. The van der Waals surface area contributed by atoms with Crippen LogP contribution in [0.1, 0.15) is 45.2 Å². The van der Waals surface area contributed by atoms with Crippen LogP contribution >= 0.6 is 0 Å². The monoisotopic (exact) mass is 220 g/mol. The van der Waals surface area contributed by atoms with Crippen molar-refractivity contribution in [1.82, 2.24) is 9.55 Å². The average molecular weight is 220 g/mol. The van der Waals surface area contributed by atoms with Crippen LogP contribution in [0.2, 0.25) is 0 Å². The van der Waals surface area contributed by atoms with Crippen LogP contribution in [0.25, 0.3) is 11.2 Å². The molecule has 0 aliphatic heterocycles. The van der Waals surface area contributed by atoms with E-state index in [2.05, 4.69) is 18.8 Å². The Labute approximate surface area is 93.9 Å². The SMILES string of the molecule is CC(C)c1cnc2oc(=O)n(C(C)C)c2c1. The topological polar surface area (TPSA) is 48.0 Å². The van der Waals surface area contributed by atoms with E-state index in [0.717, 1.165) is 11.1 Å². The van der Waals surface area contributed by atoms with Crippen LogP contribution in [-0.2, 0) is 0 Å². The molecule has 86 valence electrons. The third-order valence-electron chi connectivity index (χ3n) is 2.68. The Morgan fingerprint density at radius 1 is 1.31 bits per heavy atom. The molecule has 0 atom stereocenters. The molecule has 0 aromatic carbocycles. The summed E-state index contributed by atoms with van der Waals surface area (Å²) in [5, 5.41) is 0. The first-order valence-corrected chi connectivity index (χ1v) is 5.51. The Hall–Kier alpha value is -1.58. The lowest BCUT2D eigenvalue weighted by Gasteiger charge is -2.07. The van der Waals surface area contributed by atoms with Gasteiger partial charge in [0, 0.05) is 12.2 Å². The molecule has 0 saturated carbocycles. The summed E-state index contributed by atoms with van der Waals surface area (Å²) in [7, 11) is 0. The number of aromatic nitrogens is 2. The molecule has 2 heterocycles. The first-order valence-electron chi connectivity index (χ1n) is 5.51. The quantitative estimate of drug-likeness (QED) is 0.781. The summed E-state index contributed by atoms with van der Waals surface area (Å²) >= 11 is 0. The van der Waals surface area contributed by atoms with Gasteiger partial charge in [0.05, 0.1) is 0 Å². The molecule has 2 aromatic rings. The molecule has 2 aromatic heterocycles. The van der Waals surface area contributed by atoms with E-state index in [0.29, 0.717) is 11.6 Å². The van der Waals surface area contributed by atoms with Crippen LogP contribution in [0.15, 0.2) is 21.5 Å². The summed E-state index contributed by atoms with van der Waals surface area (Å²) in [6.07, 6.45) is 1.76. The Morgan fingerprint density at radius 2 is 2.00 bits per heavy atom. The predicted octanol–water partition coefficient (Wildman–Crippen LogP) is 2.69. The van der Waals surface area contributed by atoms with E-state index in [-0.39, 0.29) is 11.8 Å². The van der Waals surface area contributed by atoms with E-state index in [4.69, 9.17) is 4.42 Å². The lowest BCUT2D eigenvalue weighted by Crippen LogP contribution is -2.16. The summed E-state index contributed by atoms with van der Waals surface area (Å²) in [5.74, 6) is 0.0564. The molecule has 0 N–H and O–H groups in total. The zero-order chi connectivity index (χ0) is 11.9. The minimum Gasteiger partial charge on any atom is -0.389 e. The van der Waals surface area contributed by atoms with Gasteiger partial charge in [0.25, 0.3) is 0 Å². The smallest absolute Gasteiger partial charge is 0.389 e. The maximum atomic E-state index is 11.6. The van der Waals surface area contributed by atoms with E-state index in [1.807, 2.05) is 19.9 Å². The van der Waals surface area contributed by atoms with Gasteiger partial charge >= 0.3 is 5.76 Å². The van der Waals surface area contributed by atoms with E-state index in [1.54, 1.807) is 10.8 Å². The van der Waals surface area contributed by atoms with Crippen LogP contribution in [0, 0.1) is 0 Å². The van der Waals surface area contributed by atoms with E-state index in [1.165, 1.54) is 0 Å². The van der Waals surface area contributed by atoms with Crippen molar-refractivity contribution >= 4 is 11.2 Å². The van der Waals surface area contributed by atoms with Gasteiger partial charge < -0.3 is 4.42 Å². The second-order valence-electron chi connectivity index (χ2n) is 4.58. The Balaban J connectivity index is 2.75.